The van der Waals surface area contributed by atoms with Crippen molar-refractivity contribution in [3.8, 4) is 5.75 Å². The minimum atomic E-state index is -0.309. The Hall–Kier alpha value is -3.02. The number of amides is 2. The van der Waals surface area contributed by atoms with Crippen LogP contribution in [0.1, 0.15) is 56.1 Å². The quantitative estimate of drug-likeness (QED) is 0.545. The van der Waals surface area contributed by atoms with Crippen molar-refractivity contribution in [1.82, 2.24) is 0 Å². The largest absolute Gasteiger partial charge is 0.495 e. The summed E-state index contributed by atoms with van der Waals surface area (Å²) < 4.78 is 10.4. The molecule has 6 nitrogen and oxygen atoms in total. The van der Waals surface area contributed by atoms with Gasteiger partial charge in [0, 0.05) is 12.1 Å². The minimum absolute atomic E-state index is 0.0806. The van der Waals surface area contributed by atoms with Gasteiger partial charge in [-0.3, -0.25) is 4.79 Å². The summed E-state index contributed by atoms with van der Waals surface area (Å²) in [6.07, 6.45) is 4.77. The third kappa shape index (κ3) is 6.48. The molecule has 0 bridgehead atoms. The lowest BCUT2D eigenvalue weighted by Gasteiger charge is -2.28. The van der Waals surface area contributed by atoms with E-state index in [1.807, 2.05) is 44.2 Å². The smallest absolute Gasteiger partial charge is 0.323 e. The highest BCUT2D eigenvalue weighted by Gasteiger charge is 2.24. The van der Waals surface area contributed by atoms with Crippen molar-refractivity contribution < 1.29 is 19.1 Å². The Morgan fingerprint density at radius 2 is 1.71 bits per heavy atom. The van der Waals surface area contributed by atoms with Crippen molar-refractivity contribution in [3.63, 3.8) is 0 Å². The summed E-state index contributed by atoms with van der Waals surface area (Å²) >= 11 is 0. The number of aryl methyl sites for hydroxylation is 1. The molecule has 1 aliphatic carbocycles. The second-order valence-corrected chi connectivity index (χ2v) is 8.13. The van der Waals surface area contributed by atoms with Crippen LogP contribution in [0.2, 0.25) is 0 Å². The van der Waals surface area contributed by atoms with Crippen molar-refractivity contribution in [1.29, 1.82) is 0 Å². The first-order chi connectivity index (χ1) is 15.0. The van der Waals surface area contributed by atoms with Crippen molar-refractivity contribution in [2.45, 2.75) is 51.9 Å². The zero-order chi connectivity index (χ0) is 22.2. The van der Waals surface area contributed by atoms with E-state index in [0.717, 1.165) is 36.9 Å². The van der Waals surface area contributed by atoms with Crippen LogP contribution in [0.4, 0.5) is 16.2 Å². The number of urea groups is 1. The van der Waals surface area contributed by atoms with E-state index in [-0.39, 0.29) is 12.0 Å². The fourth-order valence-electron chi connectivity index (χ4n) is 4.20. The van der Waals surface area contributed by atoms with E-state index in [1.54, 1.807) is 7.11 Å². The molecule has 3 rings (SSSR count). The van der Waals surface area contributed by atoms with Crippen LogP contribution in [0.25, 0.3) is 0 Å². The molecule has 1 saturated carbocycles. The third-order valence-corrected chi connectivity index (χ3v) is 5.85. The van der Waals surface area contributed by atoms with Gasteiger partial charge in [0.25, 0.3) is 0 Å². The molecule has 166 valence electrons. The molecule has 0 saturated heterocycles. The average molecular weight is 425 g/mol. The number of ether oxygens (including phenoxy) is 2. The van der Waals surface area contributed by atoms with Crippen LogP contribution < -0.4 is 15.4 Å². The van der Waals surface area contributed by atoms with E-state index in [9.17, 15) is 9.59 Å². The first-order valence-corrected chi connectivity index (χ1v) is 11.0. The molecule has 0 radical (unpaired) electrons. The number of carbonyl (C=O) groups is 2. The molecule has 2 aromatic rings. The van der Waals surface area contributed by atoms with E-state index in [1.165, 1.54) is 5.56 Å². The van der Waals surface area contributed by atoms with Crippen molar-refractivity contribution >= 4 is 23.4 Å². The van der Waals surface area contributed by atoms with E-state index in [4.69, 9.17) is 9.47 Å². The van der Waals surface area contributed by atoms with Gasteiger partial charge >= 0.3 is 12.0 Å². The van der Waals surface area contributed by atoms with Gasteiger partial charge in [-0.1, -0.05) is 18.2 Å². The molecule has 0 spiro atoms. The van der Waals surface area contributed by atoms with Gasteiger partial charge in [0.2, 0.25) is 0 Å². The van der Waals surface area contributed by atoms with Gasteiger partial charge in [0.05, 0.1) is 19.4 Å². The molecule has 0 aromatic heterocycles. The molecule has 6 heteroatoms. The second kappa shape index (κ2) is 10.8. The van der Waals surface area contributed by atoms with Crippen LogP contribution in [-0.2, 0) is 9.53 Å². The molecule has 0 heterocycles. The minimum Gasteiger partial charge on any atom is -0.495 e. The maximum Gasteiger partial charge on any atom is 0.323 e. The first-order valence-electron chi connectivity index (χ1n) is 11.0. The number of hydrogen-bond donors (Lipinski definition) is 2. The number of benzene rings is 2. The predicted octanol–water partition coefficient (Wildman–Crippen LogP) is 5.87. The summed E-state index contributed by atoms with van der Waals surface area (Å²) in [5, 5.41) is 5.72. The molecule has 1 aliphatic rings. The van der Waals surface area contributed by atoms with Crippen LogP contribution in [0.3, 0.4) is 0 Å². The predicted molar refractivity (Wildman–Crippen MR) is 123 cm³/mol. The summed E-state index contributed by atoms with van der Waals surface area (Å²) in [6, 6.07) is 13.4. The van der Waals surface area contributed by atoms with Crippen LogP contribution in [-0.4, -0.2) is 25.7 Å². The third-order valence-electron chi connectivity index (χ3n) is 5.85. The summed E-state index contributed by atoms with van der Waals surface area (Å²) in [5.74, 6) is 1.47. The highest BCUT2D eigenvalue weighted by atomic mass is 16.5. The topological polar surface area (TPSA) is 76.7 Å². The molecular weight excluding hydrogens is 392 g/mol. The van der Waals surface area contributed by atoms with Crippen LogP contribution in [0, 0.1) is 12.8 Å². The number of esters is 1. The maximum absolute atomic E-state index is 12.4. The molecule has 2 N–H and O–H groups in total. The van der Waals surface area contributed by atoms with E-state index in [0.29, 0.717) is 36.3 Å². The highest BCUT2D eigenvalue weighted by molar-refractivity contribution is 6.00. The van der Waals surface area contributed by atoms with Gasteiger partial charge in [-0.2, -0.15) is 0 Å². The number of methoxy groups -OCH3 is 1. The summed E-state index contributed by atoms with van der Waals surface area (Å²) in [6.45, 7) is 4.26. The Labute approximate surface area is 184 Å². The summed E-state index contributed by atoms with van der Waals surface area (Å²) in [4.78, 5) is 24.1. The Morgan fingerprint density at radius 1 is 1.00 bits per heavy atom. The zero-order valence-corrected chi connectivity index (χ0v) is 18.6. The molecule has 0 atom stereocenters. The first kappa shape index (κ1) is 22.7. The Kier molecular flexibility index (Phi) is 7.93. The van der Waals surface area contributed by atoms with Gasteiger partial charge < -0.3 is 20.1 Å². The average Bonchev–Trinajstić information content (AvgIpc) is 2.75. The van der Waals surface area contributed by atoms with Crippen LogP contribution in [0.5, 0.6) is 5.75 Å². The molecule has 31 heavy (non-hydrogen) atoms. The Morgan fingerprint density at radius 3 is 2.35 bits per heavy atom. The number of anilines is 2. The second-order valence-electron chi connectivity index (χ2n) is 8.13. The zero-order valence-electron chi connectivity index (χ0n) is 18.6. The Balaban J connectivity index is 1.51. The SMILES string of the molecule is CCOC(=O)CC1CCC(c2ccc(NC(=O)Nc3cc(C)ccc3OC)cc2)CC1. The lowest BCUT2D eigenvalue weighted by atomic mass is 9.77. The molecule has 1 fully saturated rings. The van der Waals surface area contributed by atoms with Crippen molar-refractivity contribution in [2.24, 2.45) is 5.92 Å². The van der Waals surface area contributed by atoms with Gasteiger partial charge in [-0.05, 0) is 86.8 Å². The highest BCUT2D eigenvalue weighted by Crippen LogP contribution is 2.37. The van der Waals surface area contributed by atoms with E-state index in [2.05, 4.69) is 22.8 Å². The van der Waals surface area contributed by atoms with E-state index < -0.39 is 0 Å². The lowest BCUT2D eigenvalue weighted by Crippen LogP contribution is -2.20. The van der Waals surface area contributed by atoms with E-state index >= 15 is 0 Å². The lowest BCUT2D eigenvalue weighted by molar-refractivity contribution is -0.144. The monoisotopic (exact) mass is 424 g/mol. The molecule has 2 aromatic carbocycles. The van der Waals surface area contributed by atoms with Crippen LogP contribution in [0.15, 0.2) is 42.5 Å². The number of hydrogen-bond acceptors (Lipinski definition) is 4. The van der Waals surface area contributed by atoms with Gasteiger partial charge in [0.1, 0.15) is 5.75 Å². The molecule has 2 amide bonds. The molecular formula is C25H32N2O4. The van der Waals surface area contributed by atoms with Crippen molar-refractivity contribution in [3.05, 3.63) is 53.6 Å². The standard InChI is InChI=1S/C25H32N2O4/c1-4-31-24(28)16-18-6-8-19(9-7-18)20-10-12-21(13-11-20)26-25(29)27-22-15-17(2)5-14-23(22)30-3/h5,10-15,18-19H,4,6-9,16H2,1-3H3,(H2,26,27,29). The van der Waals surface area contributed by atoms with Gasteiger partial charge in [-0.25, -0.2) is 4.79 Å². The van der Waals surface area contributed by atoms with Gasteiger partial charge in [0.15, 0.2) is 0 Å². The fourth-order valence-corrected chi connectivity index (χ4v) is 4.20. The maximum atomic E-state index is 12.4. The number of carbonyl (C=O) groups excluding carboxylic acids is 2. The van der Waals surface area contributed by atoms with Crippen molar-refractivity contribution in [2.75, 3.05) is 24.4 Å². The Bertz CT molecular complexity index is 887. The molecule has 0 aliphatic heterocycles. The summed E-state index contributed by atoms with van der Waals surface area (Å²) in [5.41, 5.74) is 3.69. The van der Waals surface area contributed by atoms with Gasteiger partial charge in [-0.15, -0.1) is 0 Å². The number of rotatable bonds is 7. The normalized spacial score (nSPS) is 18.2. The summed E-state index contributed by atoms with van der Waals surface area (Å²) in [7, 11) is 1.58. The number of nitrogens with one attached hydrogen (secondary N) is 2. The van der Waals surface area contributed by atoms with Crippen LogP contribution >= 0.6 is 0 Å². The fraction of sp³-hybridized carbons (Fsp3) is 0.440. The molecule has 0 unspecified atom stereocenters.